The van der Waals surface area contributed by atoms with Crippen LogP contribution in [0.1, 0.15) is 10.4 Å². The van der Waals surface area contributed by atoms with Crippen LogP contribution in [0.25, 0.3) is 64.4 Å². The average Bonchev–Trinajstić information content (AvgIpc) is 3.71. The van der Waals surface area contributed by atoms with Crippen LogP contribution in [-0.2, 0) is 6.42 Å². The summed E-state index contributed by atoms with van der Waals surface area (Å²) in [5, 5.41) is 11.1. The Hall–Kier alpha value is -5.15. The number of imidazole rings is 1. The van der Waals surface area contributed by atoms with Gasteiger partial charge in [-0.2, -0.15) is 5.10 Å². The van der Waals surface area contributed by atoms with E-state index < -0.39 is 0 Å². The van der Waals surface area contributed by atoms with Crippen LogP contribution < -0.4 is 0 Å². The summed E-state index contributed by atoms with van der Waals surface area (Å²) in [7, 11) is 0. The van der Waals surface area contributed by atoms with Crippen molar-refractivity contribution in [3.05, 3.63) is 97.0 Å². The highest BCUT2D eigenvalue weighted by Gasteiger charge is 2.13. The Bertz CT molecular complexity index is 2290. The van der Waals surface area contributed by atoms with E-state index >= 15 is 0 Å². The number of fused-ring (bicyclic) bond motifs is 9. The van der Waals surface area contributed by atoms with Crippen molar-refractivity contribution in [2.45, 2.75) is 6.42 Å². The lowest BCUT2D eigenvalue weighted by atomic mass is 10.1. The highest BCUT2D eigenvalue weighted by Crippen LogP contribution is 2.30. The molecule has 0 atom stereocenters. The topological polar surface area (TPSA) is 105 Å². The number of nitrogens with one attached hydrogen (secondary N) is 2. The van der Waals surface area contributed by atoms with Gasteiger partial charge in [0.15, 0.2) is 11.3 Å². The Morgan fingerprint density at radius 3 is 2.67 bits per heavy atom. The molecule has 0 aliphatic rings. The van der Waals surface area contributed by atoms with E-state index in [4.69, 9.17) is 4.98 Å². The standard InChI is InChI=1S/C30H19N7OS/c38-25(11-17-5-2-1-3-6-17)37-20-12-18(14-31-16-20)19-13-22-28(35-36-29(22)32-15-19)30-33-23-8-4-7-21(27(23)34-30)24-9-10-26(37)39-24/h1-10,12-16H,11H2,(H,33,34)(H,32,35,36). The Morgan fingerprint density at radius 2 is 1.74 bits per heavy atom. The SMILES string of the molecule is O=C(Cc1ccccc1)n1c2cncc(c2)c2cnc3[nH]nc(c4nc5c(cccc5c5ccc1s5)[nH]4)c3c2. The van der Waals surface area contributed by atoms with Gasteiger partial charge >= 0.3 is 0 Å². The third-order valence-corrected chi connectivity index (χ3v) is 8.10. The minimum Gasteiger partial charge on any atom is -0.337 e. The van der Waals surface area contributed by atoms with E-state index in [9.17, 15) is 4.79 Å². The summed E-state index contributed by atoms with van der Waals surface area (Å²) in [6.45, 7) is 0. The second-order valence-electron chi connectivity index (χ2n) is 9.44. The Labute approximate surface area is 224 Å². The monoisotopic (exact) mass is 525 g/mol. The summed E-state index contributed by atoms with van der Waals surface area (Å²) in [4.78, 5) is 32.3. The number of pyridine rings is 2. The maximum Gasteiger partial charge on any atom is 0.236 e. The normalized spacial score (nSPS) is 11.8. The minimum absolute atomic E-state index is 0.0381. The molecule has 0 aliphatic carbocycles. The summed E-state index contributed by atoms with van der Waals surface area (Å²) in [5.41, 5.74) is 5.45. The first-order valence-electron chi connectivity index (χ1n) is 12.5. The van der Waals surface area contributed by atoms with Gasteiger partial charge in [-0.3, -0.25) is 19.4 Å². The predicted molar refractivity (Wildman–Crippen MR) is 156 cm³/mol. The molecule has 39 heavy (non-hydrogen) atoms. The number of aromatic nitrogens is 7. The molecule has 0 spiro atoms. The number of thiophene rings is 1. The molecule has 8 bridgehead atoms. The molecule has 0 fully saturated rings. The van der Waals surface area contributed by atoms with Gasteiger partial charge in [0, 0.05) is 33.3 Å². The smallest absolute Gasteiger partial charge is 0.236 e. The summed E-state index contributed by atoms with van der Waals surface area (Å²) < 4.78 is 2.78. The lowest BCUT2D eigenvalue weighted by molar-refractivity contribution is 0.0924. The molecule has 0 radical (unpaired) electrons. The summed E-state index contributed by atoms with van der Waals surface area (Å²) in [6.07, 6.45) is 5.58. The average molecular weight is 526 g/mol. The van der Waals surface area contributed by atoms with E-state index in [1.54, 1.807) is 34.5 Å². The van der Waals surface area contributed by atoms with Crippen molar-refractivity contribution in [2.24, 2.45) is 0 Å². The number of carbonyl (C=O) groups is 1. The first kappa shape index (κ1) is 21.9. The molecule has 9 heteroatoms. The molecule has 0 unspecified atom stereocenters. The van der Waals surface area contributed by atoms with E-state index in [0.29, 0.717) is 22.3 Å². The number of H-pyrrole nitrogens is 2. The Kier molecular flexibility index (Phi) is 4.74. The molecule has 0 amide bonds. The van der Waals surface area contributed by atoms with Gasteiger partial charge in [0.1, 0.15) is 10.3 Å². The molecular formula is C30H19N7OS. The largest absolute Gasteiger partial charge is 0.337 e. The van der Waals surface area contributed by atoms with Crippen LogP contribution in [0, 0.1) is 0 Å². The molecular weight excluding hydrogens is 506 g/mol. The van der Waals surface area contributed by atoms with Crippen molar-refractivity contribution in [1.29, 1.82) is 0 Å². The lowest BCUT2D eigenvalue weighted by Crippen LogP contribution is -2.14. The number of para-hydroxylation sites is 1. The molecule has 8 rings (SSSR count). The molecule has 6 aromatic heterocycles. The second kappa shape index (κ2) is 8.44. The second-order valence-corrected chi connectivity index (χ2v) is 10.5. The van der Waals surface area contributed by atoms with Crippen LogP contribution in [0.3, 0.4) is 0 Å². The number of nitrogens with zero attached hydrogens (tertiary/aromatic N) is 5. The van der Waals surface area contributed by atoms with Gasteiger partial charge in [-0.05, 0) is 35.9 Å². The van der Waals surface area contributed by atoms with E-state index in [2.05, 4.69) is 31.2 Å². The number of aromatic amines is 2. The predicted octanol–water partition coefficient (Wildman–Crippen LogP) is 6.71. The van der Waals surface area contributed by atoms with E-state index in [0.717, 1.165) is 47.7 Å². The lowest BCUT2D eigenvalue weighted by Gasteiger charge is -2.08. The Morgan fingerprint density at radius 1 is 0.846 bits per heavy atom. The summed E-state index contributed by atoms with van der Waals surface area (Å²) >= 11 is 1.55. The van der Waals surface area contributed by atoms with Crippen LogP contribution in [-0.4, -0.2) is 40.6 Å². The molecule has 0 saturated carbocycles. The van der Waals surface area contributed by atoms with E-state index in [-0.39, 0.29) is 12.3 Å². The van der Waals surface area contributed by atoms with Crippen molar-refractivity contribution < 1.29 is 4.79 Å². The number of rotatable bonds is 2. The minimum atomic E-state index is -0.0381. The van der Waals surface area contributed by atoms with Crippen molar-refractivity contribution in [2.75, 3.05) is 0 Å². The highest BCUT2D eigenvalue weighted by atomic mass is 32.1. The fraction of sp³-hybridized carbons (Fsp3) is 0.0333. The van der Waals surface area contributed by atoms with E-state index in [1.165, 1.54) is 0 Å². The number of hydrogen-bond acceptors (Lipinski definition) is 6. The fourth-order valence-corrected chi connectivity index (χ4v) is 6.20. The van der Waals surface area contributed by atoms with Crippen molar-refractivity contribution in [3.8, 4) is 0 Å². The molecule has 8 nitrogen and oxygen atoms in total. The van der Waals surface area contributed by atoms with Gasteiger partial charge in [0.25, 0.3) is 0 Å². The van der Waals surface area contributed by atoms with Gasteiger partial charge in [0.05, 0.1) is 34.6 Å². The van der Waals surface area contributed by atoms with Crippen LogP contribution in [0.2, 0.25) is 0 Å². The number of benzene rings is 2. The van der Waals surface area contributed by atoms with Gasteiger partial charge in [-0.15, -0.1) is 11.3 Å². The van der Waals surface area contributed by atoms with Gasteiger partial charge in [-0.1, -0.05) is 42.5 Å². The summed E-state index contributed by atoms with van der Waals surface area (Å²) in [6, 6.07) is 23.9. The van der Waals surface area contributed by atoms with Crippen LogP contribution in [0.5, 0.6) is 0 Å². The zero-order valence-corrected chi connectivity index (χ0v) is 21.2. The summed E-state index contributed by atoms with van der Waals surface area (Å²) in [5.74, 6) is -0.0381. The molecule has 8 aromatic rings. The third kappa shape index (κ3) is 3.55. The van der Waals surface area contributed by atoms with Crippen LogP contribution in [0.15, 0.2) is 91.4 Å². The number of hydrogen-bond donors (Lipinski definition) is 2. The van der Waals surface area contributed by atoms with Crippen molar-refractivity contribution in [1.82, 2.24) is 34.7 Å². The quantitative estimate of drug-likeness (QED) is 0.261. The maximum absolute atomic E-state index is 13.9. The van der Waals surface area contributed by atoms with E-state index in [1.807, 2.05) is 66.7 Å². The molecule has 6 heterocycles. The van der Waals surface area contributed by atoms with Crippen LogP contribution in [0.4, 0.5) is 0 Å². The maximum atomic E-state index is 13.9. The molecule has 2 N–H and O–H groups in total. The fourth-order valence-electron chi connectivity index (χ4n) is 5.13. The van der Waals surface area contributed by atoms with Gasteiger partial charge < -0.3 is 4.98 Å². The molecule has 2 aromatic carbocycles. The number of carbonyl (C=O) groups excluding carboxylic acids is 1. The van der Waals surface area contributed by atoms with Gasteiger partial charge in [-0.25, -0.2) is 9.97 Å². The molecule has 0 saturated heterocycles. The zero-order chi connectivity index (χ0) is 25.9. The molecule has 0 aliphatic heterocycles. The van der Waals surface area contributed by atoms with Crippen molar-refractivity contribution >= 4 is 81.7 Å². The van der Waals surface area contributed by atoms with Gasteiger partial charge in [0.2, 0.25) is 5.91 Å². The van der Waals surface area contributed by atoms with Crippen molar-refractivity contribution in [3.63, 3.8) is 0 Å². The molecule has 186 valence electrons. The highest BCUT2D eigenvalue weighted by molar-refractivity contribution is 7.24. The first-order valence-corrected chi connectivity index (χ1v) is 13.3. The third-order valence-electron chi connectivity index (χ3n) is 6.99. The zero-order valence-electron chi connectivity index (χ0n) is 20.4. The van der Waals surface area contributed by atoms with Crippen LogP contribution >= 0.6 is 11.3 Å². The first-order chi connectivity index (χ1) is 19.2. The Balaban J connectivity index is 1.54.